The molecule has 19 heavy (non-hydrogen) atoms. The van der Waals surface area contributed by atoms with Gasteiger partial charge in [0.05, 0.1) is 15.8 Å². The lowest BCUT2D eigenvalue weighted by Gasteiger charge is -2.01. The predicted octanol–water partition coefficient (Wildman–Crippen LogP) is 3.33. The molecular formula is C12H7N3O4. The number of aromatic nitrogens is 1. The highest BCUT2D eigenvalue weighted by atomic mass is 16.6. The Labute approximate surface area is 105 Å². The zero-order chi connectivity index (χ0) is 13.6. The number of fused-ring (bicyclic) bond motifs is 3. The summed E-state index contributed by atoms with van der Waals surface area (Å²) in [4.78, 5) is 23.9. The second kappa shape index (κ2) is 3.77. The van der Waals surface area contributed by atoms with E-state index in [9.17, 15) is 20.1 Å². The lowest BCUT2D eigenvalue weighted by Crippen LogP contribution is -1.90. The molecule has 7 heteroatoms. The lowest BCUT2D eigenvalue weighted by atomic mass is 10.1. The minimum absolute atomic E-state index is 0.132. The van der Waals surface area contributed by atoms with Crippen LogP contribution in [0.5, 0.6) is 5.88 Å². The Bertz CT molecular complexity index is 838. The second-order valence-corrected chi connectivity index (χ2v) is 4.03. The molecule has 0 spiro atoms. The Morgan fingerprint density at radius 2 is 1.89 bits per heavy atom. The summed E-state index contributed by atoms with van der Waals surface area (Å²) in [6.45, 7) is 0. The van der Waals surface area contributed by atoms with Crippen molar-refractivity contribution in [1.29, 1.82) is 0 Å². The molecule has 7 nitrogen and oxygen atoms in total. The first kappa shape index (κ1) is 11.1. The van der Waals surface area contributed by atoms with Gasteiger partial charge in [0.15, 0.2) is 5.69 Å². The molecule has 0 saturated heterocycles. The molecule has 0 aliphatic rings. The number of aromatic amines is 1. The van der Waals surface area contributed by atoms with Crippen LogP contribution in [0.25, 0.3) is 21.7 Å². The zero-order valence-corrected chi connectivity index (χ0v) is 9.45. The number of aromatic hydroxyl groups is 1. The van der Waals surface area contributed by atoms with Crippen molar-refractivity contribution in [1.82, 2.24) is 4.98 Å². The number of nitroso groups, excluding NO2 is 1. The second-order valence-electron chi connectivity index (χ2n) is 4.03. The van der Waals surface area contributed by atoms with Crippen LogP contribution in [0.15, 0.2) is 35.5 Å². The maximum atomic E-state index is 11.1. The van der Waals surface area contributed by atoms with E-state index in [0.717, 1.165) is 0 Å². The van der Waals surface area contributed by atoms with E-state index in [1.54, 1.807) is 24.3 Å². The monoisotopic (exact) mass is 257 g/mol. The molecule has 94 valence electrons. The number of benzene rings is 2. The normalized spacial score (nSPS) is 10.9. The fourth-order valence-electron chi connectivity index (χ4n) is 2.23. The summed E-state index contributed by atoms with van der Waals surface area (Å²) in [6, 6.07) is 7.93. The number of hydrogen-bond acceptors (Lipinski definition) is 5. The summed E-state index contributed by atoms with van der Waals surface area (Å²) >= 11 is 0. The van der Waals surface area contributed by atoms with Crippen molar-refractivity contribution in [2.24, 2.45) is 5.18 Å². The van der Waals surface area contributed by atoms with Gasteiger partial charge in [0.2, 0.25) is 5.88 Å². The summed E-state index contributed by atoms with van der Waals surface area (Å²) in [6.07, 6.45) is 0. The molecule has 0 aliphatic carbocycles. The summed E-state index contributed by atoms with van der Waals surface area (Å²) in [7, 11) is 0. The van der Waals surface area contributed by atoms with E-state index in [2.05, 4.69) is 10.2 Å². The first-order valence-corrected chi connectivity index (χ1v) is 5.37. The summed E-state index contributed by atoms with van der Waals surface area (Å²) in [5, 5.41) is 24.6. The van der Waals surface area contributed by atoms with Crippen molar-refractivity contribution in [3.05, 3.63) is 45.4 Å². The minimum atomic E-state index is -0.527. The molecule has 0 unspecified atom stereocenters. The van der Waals surface area contributed by atoms with E-state index < -0.39 is 10.8 Å². The highest BCUT2D eigenvalue weighted by molar-refractivity contribution is 6.14. The van der Waals surface area contributed by atoms with E-state index >= 15 is 0 Å². The molecule has 0 radical (unpaired) electrons. The summed E-state index contributed by atoms with van der Waals surface area (Å²) in [5.74, 6) is -0.393. The molecule has 2 N–H and O–H groups in total. The third-order valence-electron chi connectivity index (χ3n) is 3.03. The van der Waals surface area contributed by atoms with E-state index in [4.69, 9.17) is 0 Å². The quantitative estimate of drug-likeness (QED) is 0.416. The number of nitrogens with zero attached hydrogens (tertiary/aromatic N) is 2. The van der Waals surface area contributed by atoms with Crippen LogP contribution in [0.3, 0.4) is 0 Å². The number of nitrogens with one attached hydrogen (secondary N) is 1. The number of H-pyrrole nitrogens is 1. The van der Waals surface area contributed by atoms with Gasteiger partial charge in [0.1, 0.15) is 0 Å². The Morgan fingerprint density at radius 3 is 2.53 bits per heavy atom. The molecule has 0 bridgehead atoms. The van der Waals surface area contributed by atoms with Crippen LogP contribution >= 0.6 is 0 Å². The van der Waals surface area contributed by atoms with Gasteiger partial charge in [-0.25, -0.2) is 0 Å². The lowest BCUT2D eigenvalue weighted by molar-refractivity contribution is -0.382. The van der Waals surface area contributed by atoms with Gasteiger partial charge in [-0.1, -0.05) is 18.2 Å². The van der Waals surface area contributed by atoms with Gasteiger partial charge in [-0.3, -0.25) is 10.1 Å². The van der Waals surface area contributed by atoms with Crippen LogP contribution in [-0.4, -0.2) is 15.0 Å². The third kappa shape index (κ3) is 1.45. The molecule has 0 atom stereocenters. The Balaban J connectivity index is 2.61. The molecule has 2 aromatic carbocycles. The highest BCUT2D eigenvalue weighted by Gasteiger charge is 2.20. The molecule has 0 amide bonds. The Hall–Kier alpha value is -2.96. The van der Waals surface area contributed by atoms with Gasteiger partial charge in [0, 0.05) is 16.8 Å². The number of non-ortho nitro benzene ring substituents is 1. The highest BCUT2D eigenvalue weighted by Crippen LogP contribution is 2.41. The molecule has 0 saturated carbocycles. The molecule has 0 aliphatic heterocycles. The van der Waals surface area contributed by atoms with Crippen LogP contribution in [0.1, 0.15) is 0 Å². The van der Waals surface area contributed by atoms with Crippen molar-refractivity contribution in [2.45, 2.75) is 0 Å². The summed E-state index contributed by atoms with van der Waals surface area (Å²) < 4.78 is 0. The van der Waals surface area contributed by atoms with Gasteiger partial charge >= 0.3 is 0 Å². The first-order valence-electron chi connectivity index (χ1n) is 5.37. The van der Waals surface area contributed by atoms with Gasteiger partial charge in [-0.05, 0) is 11.2 Å². The van der Waals surface area contributed by atoms with Crippen LogP contribution in [0.2, 0.25) is 0 Å². The number of nitro benzene ring substituents is 1. The molecule has 3 aromatic rings. The van der Waals surface area contributed by atoms with E-state index in [1.165, 1.54) is 6.07 Å². The van der Waals surface area contributed by atoms with Crippen LogP contribution in [-0.2, 0) is 0 Å². The predicted molar refractivity (Wildman–Crippen MR) is 69.6 cm³/mol. The molecule has 3 rings (SSSR count). The average Bonchev–Trinajstić information content (AvgIpc) is 2.73. The standard InChI is InChI=1S/C12H7N3O4/c16-12-11(14-17)8-5-9(15(18)19)6-3-1-2-4-7(6)10(8)13-12/h1-5,13,16H. The van der Waals surface area contributed by atoms with Crippen LogP contribution < -0.4 is 0 Å². The number of nitro groups is 1. The maximum absolute atomic E-state index is 11.1. The Morgan fingerprint density at radius 1 is 1.21 bits per heavy atom. The molecule has 1 aromatic heterocycles. The SMILES string of the molecule is O=Nc1c(O)[nH]c2c1cc([N+](=O)[O-])c1ccccc12. The molecular weight excluding hydrogens is 250 g/mol. The van der Waals surface area contributed by atoms with Crippen molar-refractivity contribution in [3.8, 4) is 5.88 Å². The van der Waals surface area contributed by atoms with Crippen LogP contribution in [0, 0.1) is 15.0 Å². The third-order valence-corrected chi connectivity index (χ3v) is 3.03. The summed E-state index contributed by atoms with van der Waals surface area (Å²) in [5.41, 5.74) is 0.101. The van der Waals surface area contributed by atoms with Gasteiger partial charge in [0.25, 0.3) is 5.69 Å². The topological polar surface area (TPSA) is 109 Å². The van der Waals surface area contributed by atoms with Crippen molar-refractivity contribution < 1.29 is 10.0 Å². The zero-order valence-electron chi connectivity index (χ0n) is 9.45. The number of hydrogen-bond donors (Lipinski definition) is 2. The van der Waals surface area contributed by atoms with E-state index in [-0.39, 0.29) is 16.8 Å². The average molecular weight is 257 g/mol. The first-order chi connectivity index (χ1) is 9.13. The Kier molecular flexibility index (Phi) is 2.21. The van der Waals surface area contributed by atoms with Crippen molar-refractivity contribution >= 4 is 33.1 Å². The smallest absolute Gasteiger partial charge is 0.278 e. The van der Waals surface area contributed by atoms with E-state index in [1.807, 2.05) is 0 Å². The van der Waals surface area contributed by atoms with E-state index in [0.29, 0.717) is 16.3 Å². The molecule has 1 heterocycles. The van der Waals surface area contributed by atoms with Crippen molar-refractivity contribution in [3.63, 3.8) is 0 Å². The van der Waals surface area contributed by atoms with Crippen molar-refractivity contribution in [2.75, 3.05) is 0 Å². The molecule has 0 fully saturated rings. The number of rotatable bonds is 2. The van der Waals surface area contributed by atoms with Gasteiger partial charge in [-0.15, -0.1) is 4.91 Å². The fraction of sp³-hybridized carbons (Fsp3) is 0. The van der Waals surface area contributed by atoms with Gasteiger partial charge in [-0.2, -0.15) is 0 Å². The maximum Gasteiger partial charge on any atom is 0.278 e. The minimum Gasteiger partial charge on any atom is -0.493 e. The fourth-order valence-corrected chi connectivity index (χ4v) is 2.23. The van der Waals surface area contributed by atoms with Crippen LogP contribution in [0.4, 0.5) is 11.4 Å². The van der Waals surface area contributed by atoms with Gasteiger partial charge < -0.3 is 10.1 Å². The largest absolute Gasteiger partial charge is 0.493 e.